The Morgan fingerprint density at radius 1 is 1.40 bits per heavy atom. The molecule has 0 aromatic carbocycles. The molecule has 0 radical (unpaired) electrons. The summed E-state index contributed by atoms with van der Waals surface area (Å²) in [6, 6.07) is 1.94. The van der Waals surface area contributed by atoms with Crippen molar-refractivity contribution in [2.24, 2.45) is 0 Å². The topological polar surface area (TPSA) is 36.3 Å². The predicted octanol–water partition coefficient (Wildman–Crippen LogP) is 4.19. The normalized spacial score (nSPS) is 19.2. The van der Waals surface area contributed by atoms with E-state index in [0.29, 0.717) is 17.8 Å². The molecular formula is C18H20BFN2O2S. The molecular weight excluding hydrogens is 338 g/mol. The smallest absolute Gasteiger partial charge is 0.398 e. The lowest BCUT2D eigenvalue weighted by Crippen LogP contribution is -2.41. The average Bonchev–Trinajstić information content (AvgIpc) is 3.19. The number of hydrogen-bond acceptors (Lipinski definition) is 4. The highest BCUT2D eigenvalue weighted by molar-refractivity contribution is 7.08. The van der Waals surface area contributed by atoms with Crippen LogP contribution in [0.25, 0.3) is 17.3 Å². The molecule has 0 unspecified atom stereocenters. The van der Waals surface area contributed by atoms with Gasteiger partial charge in [0, 0.05) is 22.7 Å². The van der Waals surface area contributed by atoms with Gasteiger partial charge in [0.15, 0.2) is 0 Å². The van der Waals surface area contributed by atoms with E-state index >= 15 is 0 Å². The lowest BCUT2D eigenvalue weighted by molar-refractivity contribution is 0.00578. The van der Waals surface area contributed by atoms with Crippen molar-refractivity contribution in [2.45, 2.75) is 45.4 Å². The summed E-state index contributed by atoms with van der Waals surface area (Å²) in [5, 5.41) is 8.38. The van der Waals surface area contributed by atoms with Gasteiger partial charge >= 0.3 is 7.12 Å². The number of halogens is 1. The Bertz CT molecular complexity index is 818. The fourth-order valence-electron chi connectivity index (χ4n) is 2.51. The molecule has 0 spiro atoms. The van der Waals surface area contributed by atoms with Crippen molar-refractivity contribution in [3.05, 3.63) is 34.3 Å². The van der Waals surface area contributed by atoms with E-state index in [-0.39, 0.29) is 0 Å². The second kappa shape index (κ2) is 6.45. The van der Waals surface area contributed by atoms with Crippen molar-refractivity contribution in [1.29, 1.82) is 0 Å². The summed E-state index contributed by atoms with van der Waals surface area (Å²) in [5.74, 6) is 2.54. The second-order valence-electron chi connectivity index (χ2n) is 6.96. The van der Waals surface area contributed by atoms with E-state index in [1.54, 1.807) is 22.2 Å². The highest BCUT2D eigenvalue weighted by Gasteiger charge is 2.53. The Hall–Kier alpha value is -1.88. The summed E-state index contributed by atoms with van der Waals surface area (Å²) in [5.41, 5.74) is 0.576. The molecule has 0 amide bonds. The van der Waals surface area contributed by atoms with Crippen molar-refractivity contribution in [3.63, 3.8) is 0 Å². The number of thiophene rings is 1. The van der Waals surface area contributed by atoms with E-state index in [1.807, 2.05) is 44.5 Å². The molecule has 1 fully saturated rings. The molecule has 1 aliphatic rings. The zero-order valence-corrected chi connectivity index (χ0v) is 15.6. The Kier molecular flexibility index (Phi) is 4.63. The van der Waals surface area contributed by atoms with Crippen LogP contribution < -0.4 is 0 Å². The van der Waals surface area contributed by atoms with Gasteiger partial charge in [-0.2, -0.15) is 16.4 Å². The summed E-state index contributed by atoms with van der Waals surface area (Å²) < 4.78 is 28.0. The van der Waals surface area contributed by atoms with Crippen molar-refractivity contribution in [1.82, 2.24) is 9.78 Å². The third kappa shape index (κ3) is 3.43. The number of aromatic nitrogens is 2. The fraction of sp³-hybridized carbons (Fsp3) is 0.389. The molecule has 3 rings (SSSR count). The van der Waals surface area contributed by atoms with Crippen LogP contribution in [-0.2, 0) is 15.9 Å². The summed E-state index contributed by atoms with van der Waals surface area (Å²) in [4.78, 5) is 0. The highest BCUT2D eigenvalue weighted by Crippen LogP contribution is 2.39. The van der Waals surface area contributed by atoms with Crippen LogP contribution >= 0.6 is 11.3 Å². The Morgan fingerprint density at radius 2 is 2.08 bits per heavy atom. The standard InChI is InChI=1S/C18H20BFN2O2S/c1-6-8-22-11-14(16(21-22)13-7-9-25-12-13)10-15(20)19-23-17(2,3)18(4,5)24-19/h1,7,9-12H,8H2,2-5H3. The largest absolute Gasteiger partial charge is 0.525 e. The van der Waals surface area contributed by atoms with E-state index in [0.717, 1.165) is 5.56 Å². The lowest BCUT2D eigenvalue weighted by atomic mass is 9.86. The quantitative estimate of drug-likeness (QED) is 0.608. The van der Waals surface area contributed by atoms with Gasteiger partial charge < -0.3 is 9.31 Å². The third-order valence-corrected chi connectivity index (χ3v) is 5.29. The van der Waals surface area contributed by atoms with Crippen LogP contribution in [0.4, 0.5) is 4.39 Å². The van der Waals surface area contributed by atoms with Crippen LogP contribution in [-0.4, -0.2) is 28.1 Å². The molecule has 25 heavy (non-hydrogen) atoms. The zero-order valence-electron chi connectivity index (χ0n) is 14.7. The minimum atomic E-state index is -1.03. The monoisotopic (exact) mass is 358 g/mol. The van der Waals surface area contributed by atoms with Crippen LogP contribution in [0.15, 0.2) is 28.7 Å². The number of hydrogen-bond donors (Lipinski definition) is 0. The van der Waals surface area contributed by atoms with E-state index in [1.165, 1.54) is 6.08 Å². The van der Waals surface area contributed by atoms with Gasteiger partial charge in [-0.15, -0.1) is 6.42 Å². The van der Waals surface area contributed by atoms with Gasteiger partial charge in [0.05, 0.1) is 11.2 Å². The average molecular weight is 358 g/mol. The fourth-order valence-corrected chi connectivity index (χ4v) is 3.15. The molecule has 4 nitrogen and oxygen atoms in total. The van der Waals surface area contributed by atoms with Gasteiger partial charge in [-0.3, -0.25) is 4.68 Å². The molecule has 1 saturated heterocycles. The summed E-state index contributed by atoms with van der Waals surface area (Å²) in [7, 11) is -1.03. The Labute approximate surface area is 151 Å². The van der Waals surface area contributed by atoms with Crippen molar-refractivity contribution >= 4 is 24.5 Å². The molecule has 0 bridgehead atoms. The Balaban J connectivity index is 1.94. The maximum absolute atomic E-state index is 14.8. The first kappa shape index (κ1) is 17.9. The van der Waals surface area contributed by atoms with Gasteiger partial charge in [0.2, 0.25) is 0 Å². The van der Waals surface area contributed by atoms with Gasteiger partial charge in [-0.1, -0.05) is 5.92 Å². The van der Waals surface area contributed by atoms with Crippen LogP contribution in [0.1, 0.15) is 33.3 Å². The maximum atomic E-state index is 14.8. The number of nitrogens with zero attached hydrogens (tertiary/aromatic N) is 2. The molecule has 0 saturated carbocycles. The summed E-state index contributed by atoms with van der Waals surface area (Å²) in [6.45, 7) is 7.89. The summed E-state index contributed by atoms with van der Waals surface area (Å²) in [6.07, 6.45) is 8.51. The van der Waals surface area contributed by atoms with E-state index in [9.17, 15) is 4.39 Å². The molecule has 2 aromatic heterocycles. The predicted molar refractivity (Wildman–Crippen MR) is 99.5 cm³/mol. The van der Waals surface area contributed by atoms with Gasteiger partial charge in [0.1, 0.15) is 18.0 Å². The first-order chi connectivity index (χ1) is 11.7. The van der Waals surface area contributed by atoms with E-state index < -0.39 is 24.0 Å². The number of terminal acetylenes is 1. The highest BCUT2D eigenvalue weighted by atomic mass is 32.1. The van der Waals surface area contributed by atoms with Gasteiger partial charge in [-0.05, 0) is 45.2 Å². The van der Waals surface area contributed by atoms with Crippen LogP contribution in [0.5, 0.6) is 0 Å². The molecule has 2 aromatic rings. The number of rotatable bonds is 4. The van der Waals surface area contributed by atoms with Gasteiger partial charge in [-0.25, -0.2) is 4.39 Å². The Morgan fingerprint density at radius 3 is 2.64 bits per heavy atom. The lowest BCUT2D eigenvalue weighted by Gasteiger charge is -2.32. The summed E-state index contributed by atoms with van der Waals surface area (Å²) >= 11 is 1.56. The molecule has 130 valence electrons. The van der Waals surface area contributed by atoms with Crippen molar-refractivity contribution < 1.29 is 13.7 Å². The minimum Gasteiger partial charge on any atom is -0.398 e. The van der Waals surface area contributed by atoms with Crippen molar-refractivity contribution in [2.75, 3.05) is 0 Å². The van der Waals surface area contributed by atoms with Crippen LogP contribution in [0.2, 0.25) is 0 Å². The second-order valence-corrected chi connectivity index (χ2v) is 7.74. The molecule has 7 heteroatoms. The first-order valence-electron chi connectivity index (χ1n) is 8.00. The molecule has 0 aliphatic carbocycles. The zero-order chi connectivity index (χ0) is 18.2. The van der Waals surface area contributed by atoms with E-state index in [4.69, 9.17) is 15.7 Å². The van der Waals surface area contributed by atoms with E-state index in [2.05, 4.69) is 11.0 Å². The third-order valence-electron chi connectivity index (χ3n) is 4.61. The molecule has 0 N–H and O–H groups in total. The molecule has 0 atom stereocenters. The van der Waals surface area contributed by atoms with Crippen LogP contribution in [0.3, 0.4) is 0 Å². The molecule has 3 heterocycles. The van der Waals surface area contributed by atoms with Crippen LogP contribution in [0, 0.1) is 12.3 Å². The maximum Gasteiger partial charge on any atom is 0.525 e. The SMILES string of the molecule is C#CCn1cc(C=C(F)B2OC(C)(C)C(C)(C)O2)c(-c2ccsc2)n1. The first-order valence-corrected chi connectivity index (χ1v) is 8.94. The minimum absolute atomic E-state index is 0.323. The molecule has 1 aliphatic heterocycles. The van der Waals surface area contributed by atoms with Gasteiger partial charge in [0.25, 0.3) is 0 Å². The van der Waals surface area contributed by atoms with Crippen molar-refractivity contribution in [3.8, 4) is 23.6 Å².